The van der Waals surface area contributed by atoms with Gasteiger partial charge in [-0.1, -0.05) is 4.68 Å². The fourth-order valence-corrected chi connectivity index (χ4v) is 1.25. The van der Waals surface area contributed by atoms with Gasteiger partial charge in [-0.2, -0.15) is 0 Å². The van der Waals surface area contributed by atoms with Crippen molar-refractivity contribution in [2.45, 2.75) is 13.0 Å². The highest BCUT2D eigenvalue weighted by Crippen LogP contribution is 2.04. The highest BCUT2D eigenvalue weighted by atomic mass is 16.6. The van der Waals surface area contributed by atoms with Crippen LogP contribution in [-0.4, -0.2) is 37.4 Å². The molecule has 0 aliphatic rings. The standard InChI is InChI=1S/C9H18N4O2/c1-12(2)6-4-5-10-7-8-9(14)15-11-13(8)3/h10H,4-7H2,1-3H3. The van der Waals surface area contributed by atoms with Crippen molar-refractivity contribution in [3.8, 4) is 5.95 Å². The van der Waals surface area contributed by atoms with Gasteiger partial charge in [-0.3, -0.25) is 0 Å². The molecule has 15 heavy (non-hydrogen) atoms. The molecule has 1 N–H and O–H groups in total. The lowest BCUT2D eigenvalue weighted by Crippen LogP contribution is -2.37. The quantitative estimate of drug-likeness (QED) is 0.466. The Labute approximate surface area is 89.5 Å². The van der Waals surface area contributed by atoms with Crippen LogP contribution >= 0.6 is 0 Å². The van der Waals surface area contributed by atoms with Crippen LogP contribution in [0.2, 0.25) is 0 Å². The number of aryl methyl sites for hydroxylation is 1. The third-order valence-corrected chi connectivity index (χ3v) is 2.12. The van der Waals surface area contributed by atoms with Gasteiger partial charge in [0, 0.05) is 0 Å². The van der Waals surface area contributed by atoms with Crippen LogP contribution in [0.15, 0.2) is 4.52 Å². The van der Waals surface area contributed by atoms with Crippen molar-refractivity contribution in [2.75, 3.05) is 27.2 Å². The van der Waals surface area contributed by atoms with Gasteiger partial charge in [0.05, 0.1) is 11.8 Å². The molecule has 0 radical (unpaired) electrons. The topological polar surface area (TPSA) is 68.2 Å². The lowest BCUT2D eigenvalue weighted by molar-refractivity contribution is -0.746. The van der Waals surface area contributed by atoms with E-state index in [0.717, 1.165) is 19.5 Å². The minimum Gasteiger partial charge on any atom is -0.539 e. The average Bonchev–Trinajstić information content (AvgIpc) is 2.47. The Bertz CT molecular complexity index is 279. The maximum atomic E-state index is 11.1. The number of hydrogen-bond acceptors (Lipinski definition) is 5. The Morgan fingerprint density at radius 2 is 2.27 bits per heavy atom. The summed E-state index contributed by atoms with van der Waals surface area (Å²) in [6.45, 7) is 2.42. The minimum atomic E-state index is -0.363. The second-order valence-corrected chi connectivity index (χ2v) is 3.76. The molecule has 0 saturated heterocycles. The summed E-state index contributed by atoms with van der Waals surface area (Å²) < 4.78 is 5.96. The Morgan fingerprint density at radius 3 is 2.80 bits per heavy atom. The summed E-state index contributed by atoms with van der Waals surface area (Å²) in [5.41, 5.74) is 0.555. The SMILES string of the molecule is CN(C)CCCNCc1c([O-])on[n+]1C. The monoisotopic (exact) mass is 214 g/mol. The van der Waals surface area contributed by atoms with Crippen molar-refractivity contribution in [1.82, 2.24) is 15.5 Å². The van der Waals surface area contributed by atoms with E-state index in [1.807, 2.05) is 14.1 Å². The molecule has 0 amide bonds. The molecule has 0 fully saturated rings. The third-order valence-electron chi connectivity index (χ3n) is 2.12. The van der Waals surface area contributed by atoms with Crippen molar-refractivity contribution < 1.29 is 14.3 Å². The predicted octanol–water partition coefficient (Wildman–Crippen LogP) is -1.39. The van der Waals surface area contributed by atoms with E-state index >= 15 is 0 Å². The maximum absolute atomic E-state index is 11.1. The van der Waals surface area contributed by atoms with Crippen molar-refractivity contribution in [3.05, 3.63) is 5.69 Å². The summed E-state index contributed by atoms with van der Waals surface area (Å²) in [4.78, 5) is 2.13. The average molecular weight is 214 g/mol. The van der Waals surface area contributed by atoms with E-state index in [4.69, 9.17) is 0 Å². The molecule has 0 aromatic carbocycles. The molecule has 0 aliphatic carbocycles. The number of hydrogen-bond donors (Lipinski definition) is 1. The molecule has 1 aromatic heterocycles. The van der Waals surface area contributed by atoms with Crippen LogP contribution in [0.25, 0.3) is 0 Å². The number of aromatic nitrogens is 2. The molecular formula is C9H18N4O2. The van der Waals surface area contributed by atoms with E-state index in [2.05, 4.69) is 20.0 Å². The van der Waals surface area contributed by atoms with Gasteiger partial charge in [-0.25, -0.2) is 0 Å². The van der Waals surface area contributed by atoms with Gasteiger partial charge < -0.3 is 19.8 Å². The van der Waals surface area contributed by atoms with Crippen molar-refractivity contribution in [1.29, 1.82) is 0 Å². The van der Waals surface area contributed by atoms with Crippen LogP contribution in [0.3, 0.4) is 0 Å². The van der Waals surface area contributed by atoms with Crippen LogP contribution in [0.5, 0.6) is 5.95 Å². The van der Waals surface area contributed by atoms with Crippen LogP contribution in [0.4, 0.5) is 0 Å². The maximum Gasteiger partial charge on any atom is 0.246 e. The van der Waals surface area contributed by atoms with Gasteiger partial charge in [0.2, 0.25) is 5.69 Å². The van der Waals surface area contributed by atoms with Gasteiger partial charge in [-0.15, -0.1) is 0 Å². The molecule has 86 valence electrons. The largest absolute Gasteiger partial charge is 0.539 e. The first kappa shape index (κ1) is 11.9. The van der Waals surface area contributed by atoms with Gasteiger partial charge >= 0.3 is 0 Å². The Hall–Kier alpha value is -1.14. The number of rotatable bonds is 6. The molecule has 6 heteroatoms. The number of nitrogens with one attached hydrogen (secondary N) is 1. The molecule has 1 aromatic rings. The summed E-state index contributed by atoms with van der Waals surface area (Å²) in [6.07, 6.45) is 1.05. The van der Waals surface area contributed by atoms with E-state index in [1.54, 1.807) is 7.05 Å². The van der Waals surface area contributed by atoms with E-state index in [1.165, 1.54) is 4.68 Å². The molecule has 1 rings (SSSR count). The Morgan fingerprint density at radius 1 is 1.53 bits per heavy atom. The van der Waals surface area contributed by atoms with Gasteiger partial charge in [0.15, 0.2) is 13.0 Å². The lowest BCUT2D eigenvalue weighted by Gasteiger charge is -2.08. The zero-order chi connectivity index (χ0) is 11.3. The van der Waals surface area contributed by atoms with Crippen LogP contribution in [0, 0.1) is 0 Å². The van der Waals surface area contributed by atoms with Crippen LogP contribution in [0.1, 0.15) is 12.1 Å². The van der Waals surface area contributed by atoms with Gasteiger partial charge in [0.1, 0.15) is 0 Å². The first-order valence-electron chi connectivity index (χ1n) is 4.98. The van der Waals surface area contributed by atoms with Crippen LogP contribution < -0.4 is 15.1 Å². The summed E-state index contributed by atoms with van der Waals surface area (Å²) in [7, 11) is 5.77. The van der Waals surface area contributed by atoms with Gasteiger partial charge in [0.25, 0.3) is 0 Å². The zero-order valence-corrected chi connectivity index (χ0v) is 9.49. The fraction of sp³-hybridized carbons (Fsp3) is 0.778. The van der Waals surface area contributed by atoms with Crippen molar-refractivity contribution in [2.24, 2.45) is 7.05 Å². The molecule has 0 unspecified atom stereocenters. The molecule has 0 bridgehead atoms. The van der Waals surface area contributed by atoms with E-state index < -0.39 is 0 Å². The lowest BCUT2D eigenvalue weighted by atomic mass is 10.4. The van der Waals surface area contributed by atoms with Crippen LogP contribution in [-0.2, 0) is 13.6 Å². The zero-order valence-electron chi connectivity index (χ0n) is 9.49. The molecule has 1 heterocycles. The first-order valence-corrected chi connectivity index (χ1v) is 4.98. The molecular weight excluding hydrogens is 196 g/mol. The van der Waals surface area contributed by atoms with E-state index in [-0.39, 0.29) is 5.95 Å². The minimum absolute atomic E-state index is 0.363. The van der Waals surface area contributed by atoms with E-state index in [9.17, 15) is 5.11 Å². The normalized spacial score (nSPS) is 11.2. The van der Waals surface area contributed by atoms with Crippen molar-refractivity contribution >= 4 is 0 Å². The Balaban J connectivity index is 2.20. The van der Waals surface area contributed by atoms with Crippen molar-refractivity contribution in [3.63, 3.8) is 0 Å². The summed E-state index contributed by atoms with van der Waals surface area (Å²) in [5.74, 6) is -0.363. The predicted molar refractivity (Wildman–Crippen MR) is 52.0 cm³/mol. The molecule has 0 spiro atoms. The summed E-state index contributed by atoms with van der Waals surface area (Å²) >= 11 is 0. The second-order valence-electron chi connectivity index (χ2n) is 3.76. The van der Waals surface area contributed by atoms with Gasteiger partial charge in [-0.05, 0) is 33.6 Å². The molecule has 6 nitrogen and oxygen atoms in total. The number of nitrogens with zero attached hydrogens (tertiary/aromatic N) is 3. The third kappa shape index (κ3) is 3.85. The highest BCUT2D eigenvalue weighted by molar-refractivity contribution is 5.02. The smallest absolute Gasteiger partial charge is 0.246 e. The summed E-state index contributed by atoms with van der Waals surface area (Å²) in [5, 5.41) is 17.8. The summed E-state index contributed by atoms with van der Waals surface area (Å²) in [6, 6.07) is 0. The fourth-order valence-electron chi connectivity index (χ4n) is 1.25. The molecule has 0 saturated carbocycles. The second kappa shape index (κ2) is 5.67. The first-order chi connectivity index (χ1) is 7.11. The highest BCUT2D eigenvalue weighted by Gasteiger charge is 2.11. The molecule has 0 atom stereocenters. The van der Waals surface area contributed by atoms with E-state index in [0.29, 0.717) is 12.2 Å². The molecule has 0 aliphatic heterocycles. The Kier molecular flexibility index (Phi) is 4.51.